The fourth-order valence-corrected chi connectivity index (χ4v) is 4.55. The summed E-state index contributed by atoms with van der Waals surface area (Å²) in [5, 5.41) is 6.43. The van der Waals surface area contributed by atoms with Gasteiger partial charge in [-0.1, -0.05) is 0 Å². The zero-order chi connectivity index (χ0) is 24.7. The Labute approximate surface area is 199 Å². The molecule has 1 fully saturated rings. The van der Waals surface area contributed by atoms with E-state index in [2.05, 4.69) is 30.6 Å². The third-order valence-electron chi connectivity index (χ3n) is 6.25. The van der Waals surface area contributed by atoms with Crippen molar-refractivity contribution < 1.29 is 18.0 Å². The van der Waals surface area contributed by atoms with Gasteiger partial charge in [0.05, 0.1) is 17.5 Å². The molecule has 0 radical (unpaired) electrons. The van der Waals surface area contributed by atoms with Crippen LogP contribution in [0.25, 0.3) is 22.3 Å². The maximum absolute atomic E-state index is 15.0. The molecular formula is C24H24F3N7O. The number of fused-ring (bicyclic) bond motifs is 1. The summed E-state index contributed by atoms with van der Waals surface area (Å²) in [7, 11) is 1.79. The van der Waals surface area contributed by atoms with Crippen LogP contribution in [0.1, 0.15) is 41.9 Å². The monoisotopic (exact) mass is 483 g/mol. The summed E-state index contributed by atoms with van der Waals surface area (Å²) in [5.41, 5.74) is 0.949. The normalized spacial score (nSPS) is 18.1. The first-order chi connectivity index (χ1) is 16.8. The van der Waals surface area contributed by atoms with Gasteiger partial charge in [-0.3, -0.25) is 4.79 Å². The summed E-state index contributed by atoms with van der Waals surface area (Å²) in [5.74, 6) is -2.13. The van der Waals surface area contributed by atoms with E-state index >= 15 is 0 Å². The van der Waals surface area contributed by atoms with Crippen LogP contribution in [0, 0.1) is 24.4 Å². The molecule has 0 unspecified atom stereocenters. The number of benzene rings is 1. The van der Waals surface area contributed by atoms with Crippen LogP contribution in [0.4, 0.5) is 19.0 Å². The molecular weight excluding hydrogens is 459 g/mol. The molecule has 0 bridgehead atoms. The summed E-state index contributed by atoms with van der Waals surface area (Å²) in [6, 6.07) is 1.75. The summed E-state index contributed by atoms with van der Waals surface area (Å²) in [6.45, 7) is 1.51. The van der Waals surface area contributed by atoms with Crippen LogP contribution in [0.2, 0.25) is 0 Å². The minimum absolute atomic E-state index is 0.0143. The van der Waals surface area contributed by atoms with E-state index in [1.807, 2.05) is 0 Å². The van der Waals surface area contributed by atoms with Crippen molar-refractivity contribution in [3.8, 4) is 11.4 Å². The lowest BCUT2D eigenvalue weighted by atomic mass is 9.91. The number of carbonyl (C=O) groups excluding carboxylic acids is 1. The summed E-state index contributed by atoms with van der Waals surface area (Å²) in [6.07, 6.45) is 7.69. The standard InChI is InChI=1S/C24H24F3N7O/c1-12-20(27)23(33-22(30-12)17-9-28-21-16(17)6-13(25)7-18(21)26)31-14-4-3-5-15(8-14)32-24(35)19-10-34(2)11-29-19/h6-7,9-11,14-15,28H,3-5,8H2,1-2H3,(H,32,35)(H,30,31,33)/t14-,15+/m0/s1. The molecule has 5 rings (SSSR count). The fourth-order valence-electron chi connectivity index (χ4n) is 4.55. The van der Waals surface area contributed by atoms with Crippen LogP contribution < -0.4 is 10.6 Å². The van der Waals surface area contributed by atoms with E-state index in [1.54, 1.807) is 24.1 Å². The Morgan fingerprint density at radius 2 is 1.97 bits per heavy atom. The van der Waals surface area contributed by atoms with Gasteiger partial charge in [0, 0.05) is 48.5 Å². The Morgan fingerprint density at radius 1 is 1.17 bits per heavy atom. The minimum atomic E-state index is -0.732. The Morgan fingerprint density at radius 3 is 2.74 bits per heavy atom. The molecule has 35 heavy (non-hydrogen) atoms. The number of hydrogen-bond acceptors (Lipinski definition) is 5. The van der Waals surface area contributed by atoms with Crippen molar-refractivity contribution in [3.05, 3.63) is 59.7 Å². The molecule has 0 spiro atoms. The smallest absolute Gasteiger partial charge is 0.271 e. The molecule has 1 saturated carbocycles. The van der Waals surface area contributed by atoms with Crippen molar-refractivity contribution in [2.45, 2.75) is 44.7 Å². The van der Waals surface area contributed by atoms with Gasteiger partial charge in [-0.25, -0.2) is 28.1 Å². The molecule has 3 N–H and O–H groups in total. The van der Waals surface area contributed by atoms with E-state index in [0.717, 1.165) is 25.3 Å². The second-order valence-electron chi connectivity index (χ2n) is 8.91. The predicted octanol–water partition coefficient (Wildman–Crippen LogP) is 4.24. The zero-order valence-corrected chi connectivity index (χ0v) is 19.2. The number of rotatable bonds is 5. The number of imidazole rings is 1. The molecule has 2 atom stereocenters. The van der Waals surface area contributed by atoms with Gasteiger partial charge in [-0.15, -0.1) is 0 Å². The van der Waals surface area contributed by atoms with E-state index in [4.69, 9.17) is 0 Å². The highest BCUT2D eigenvalue weighted by Gasteiger charge is 2.26. The highest BCUT2D eigenvalue weighted by molar-refractivity contribution is 5.94. The van der Waals surface area contributed by atoms with Gasteiger partial charge >= 0.3 is 0 Å². The number of aromatic amines is 1. The van der Waals surface area contributed by atoms with Crippen LogP contribution in [-0.2, 0) is 7.05 Å². The Balaban J connectivity index is 1.36. The molecule has 11 heteroatoms. The van der Waals surface area contributed by atoms with Gasteiger partial charge in [-0.2, -0.15) is 0 Å². The number of carbonyl (C=O) groups is 1. The predicted molar refractivity (Wildman–Crippen MR) is 124 cm³/mol. The van der Waals surface area contributed by atoms with Crippen LogP contribution in [0.15, 0.2) is 30.9 Å². The van der Waals surface area contributed by atoms with Crippen molar-refractivity contribution in [1.82, 2.24) is 29.8 Å². The number of aryl methyl sites for hydroxylation is 2. The molecule has 4 aromatic rings. The lowest BCUT2D eigenvalue weighted by Gasteiger charge is -2.30. The van der Waals surface area contributed by atoms with E-state index in [-0.39, 0.29) is 46.2 Å². The van der Waals surface area contributed by atoms with Gasteiger partial charge in [0.2, 0.25) is 0 Å². The van der Waals surface area contributed by atoms with Crippen molar-refractivity contribution >= 4 is 22.6 Å². The number of H-pyrrole nitrogens is 1. The third kappa shape index (κ3) is 4.58. The zero-order valence-electron chi connectivity index (χ0n) is 19.2. The average Bonchev–Trinajstić information content (AvgIpc) is 3.43. The first-order valence-corrected chi connectivity index (χ1v) is 11.3. The van der Waals surface area contributed by atoms with E-state index in [1.165, 1.54) is 19.2 Å². The van der Waals surface area contributed by atoms with E-state index in [9.17, 15) is 18.0 Å². The van der Waals surface area contributed by atoms with Crippen LogP contribution in [-0.4, -0.2) is 42.5 Å². The van der Waals surface area contributed by atoms with Crippen LogP contribution in [0.3, 0.4) is 0 Å². The number of anilines is 1. The van der Waals surface area contributed by atoms with Gasteiger partial charge in [-0.05, 0) is 38.7 Å². The molecule has 3 heterocycles. The first kappa shape index (κ1) is 22.9. The average molecular weight is 483 g/mol. The number of nitrogens with zero attached hydrogens (tertiary/aromatic N) is 4. The molecule has 8 nitrogen and oxygen atoms in total. The maximum Gasteiger partial charge on any atom is 0.271 e. The van der Waals surface area contributed by atoms with Crippen LogP contribution >= 0.6 is 0 Å². The Bertz CT molecular complexity index is 1410. The summed E-state index contributed by atoms with van der Waals surface area (Å²) < 4.78 is 44.6. The molecule has 1 aliphatic rings. The molecule has 182 valence electrons. The lowest BCUT2D eigenvalue weighted by molar-refractivity contribution is 0.0921. The van der Waals surface area contributed by atoms with Crippen LogP contribution in [0.5, 0.6) is 0 Å². The first-order valence-electron chi connectivity index (χ1n) is 11.3. The largest absolute Gasteiger partial charge is 0.365 e. The van der Waals surface area contributed by atoms with Crippen molar-refractivity contribution in [3.63, 3.8) is 0 Å². The Kier molecular flexibility index (Phi) is 5.91. The summed E-state index contributed by atoms with van der Waals surface area (Å²) in [4.78, 5) is 27.9. The second kappa shape index (κ2) is 9.05. The minimum Gasteiger partial charge on any atom is -0.365 e. The van der Waals surface area contributed by atoms with Crippen molar-refractivity contribution in [2.75, 3.05) is 5.32 Å². The summed E-state index contributed by atoms with van der Waals surface area (Å²) >= 11 is 0. The molecule has 3 aromatic heterocycles. The molecule has 0 saturated heterocycles. The maximum atomic E-state index is 15.0. The third-order valence-corrected chi connectivity index (χ3v) is 6.25. The Hall–Kier alpha value is -3.89. The number of halogens is 3. The topological polar surface area (TPSA) is 101 Å². The van der Waals surface area contributed by atoms with Gasteiger partial charge in [0.25, 0.3) is 5.91 Å². The molecule has 1 aliphatic carbocycles. The molecule has 0 aliphatic heterocycles. The van der Waals surface area contributed by atoms with E-state index < -0.39 is 17.5 Å². The number of aromatic nitrogens is 5. The lowest BCUT2D eigenvalue weighted by Crippen LogP contribution is -2.42. The SMILES string of the molecule is Cc1nc(-c2c[nH]c3c(F)cc(F)cc23)nc(N[C@H]2CCC[C@@H](NC(=O)c3cn(C)cn3)C2)c1F. The van der Waals surface area contributed by atoms with Gasteiger partial charge in [0.15, 0.2) is 17.5 Å². The second-order valence-corrected chi connectivity index (χ2v) is 8.91. The van der Waals surface area contributed by atoms with Gasteiger partial charge in [0.1, 0.15) is 17.3 Å². The van der Waals surface area contributed by atoms with Crippen molar-refractivity contribution in [2.24, 2.45) is 7.05 Å². The van der Waals surface area contributed by atoms with Crippen molar-refractivity contribution in [1.29, 1.82) is 0 Å². The highest BCUT2D eigenvalue weighted by atomic mass is 19.1. The number of nitrogens with one attached hydrogen (secondary N) is 3. The molecule has 1 amide bonds. The van der Waals surface area contributed by atoms with E-state index in [0.29, 0.717) is 17.7 Å². The highest BCUT2D eigenvalue weighted by Crippen LogP contribution is 2.31. The fraction of sp³-hybridized carbons (Fsp3) is 0.333. The number of hydrogen-bond donors (Lipinski definition) is 3. The number of amides is 1. The quantitative estimate of drug-likeness (QED) is 0.394. The molecule has 1 aromatic carbocycles. The van der Waals surface area contributed by atoms with Gasteiger partial charge < -0.3 is 20.2 Å².